The first-order valence-electron chi connectivity index (χ1n) is 22.6. The average molecular weight is 881 g/mol. The van der Waals surface area contributed by atoms with E-state index >= 15 is 19.2 Å². The number of benzene rings is 5. The van der Waals surface area contributed by atoms with Crippen molar-refractivity contribution in [2.75, 3.05) is 24.7 Å². The molecule has 66 heavy (non-hydrogen) atoms. The normalized spacial score (nSPS) is 23.6. The molecule has 1 aliphatic carbocycles. The lowest BCUT2D eigenvalue weighted by molar-refractivity contribution is -0.178. The Balaban J connectivity index is 1.34. The van der Waals surface area contributed by atoms with Gasteiger partial charge in [0.1, 0.15) is 29.9 Å². The van der Waals surface area contributed by atoms with Gasteiger partial charge in [0.15, 0.2) is 0 Å². The van der Waals surface area contributed by atoms with Crippen LogP contribution in [0.2, 0.25) is 0 Å². The Labute approximate surface area is 385 Å². The van der Waals surface area contributed by atoms with Crippen LogP contribution in [0.5, 0.6) is 5.75 Å². The van der Waals surface area contributed by atoms with E-state index in [9.17, 15) is 5.11 Å². The predicted molar refractivity (Wildman–Crippen MR) is 251 cm³/mol. The zero-order chi connectivity index (χ0) is 45.8. The lowest BCUT2D eigenvalue weighted by atomic mass is 9.65. The van der Waals surface area contributed by atoms with Crippen LogP contribution in [0.4, 0.5) is 10.5 Å². The summed E-state index contributed by atoms with van der Waals surface area (Å²) in [6, 6.07) is 36.6. The van der Waals surface area contributed by atoms with Gasteiger partial charge in [-0.25, -0.2) is 9.69 Å². The number of cyclic esters (lactones) is 1. The van der Waals surface area contributed by atoms with Crippen LogP contribution >= 0.6 is 0 Å². The highest BCUT2D eigenvalue weighted by Gasteiger charge is 2.75. The largest absolute Gasteiger partial charge is 0.491 e. The number of hydrogen-bond acceptors (Lipinski definition) is 8. The Morgan fingerprint density at radius 1 is 0.879 bits per heavy atom. The molecule has 9 rings (SSSR count). The Morgan fingerprint density at radius 2 is 1.59 bits per heavy atom. The molecule has 334 valence electrons. The van der Waals surface area contributed by atoms with E-state index in [1.807, 2.05) is 115 Å². The predicted octanol–water partition coefficient (Wildman–Crippen LogP) is 8.35. The molecular formula is C55H52N4O7. The molecule has 0 saturated carbocycles. The second kappa shape index (κ2) is 19.1. The first kappa shape index (κ1) is 44.0. The van der Waals surface area contributed by atoms with Crippen molar-refractivity contribution >= 4 is 29.5 Å². The van der Waals surface area contributed by atoms with Gasteiger partial charge in [0.2, 0.25) is 11.8 Å². The van der Waals surface area contributed by atoms with Crippen molar-refractivity contribution in [2.24, 2.45) is 5.92 Å². The van der Waals surface area contributed by atoms with Crippen LogP contribution < -0.4 is 20.3 Å². The smallest absolute Gasteiger partial charge is 0.329 e. The molecule has 5 aromatic carbocycles. The molecule has 5 aromatic rings. The molecule has 0 radical (unpaired) electrons. The number of nitrogens with one attached hydrogen (secondary N) is 2. The number of allylic oxidation sites excluding steroid dienone is 2. The van der Waals surface area contributed by atoms with Crippen molar-refractivity contribution in [2.45, 2.75) is 68.3 Å². The number of esters is 1. The number of imide groups is 1. The summed E-state index contributed by atoms with van der Waals surface area (Å²) in [4.78, 5) is 65.3. The second-order valence-electron chi connectivity index (χ2n) is 17.1. The molecule has 3 N–H and O–H groups in total. The molecule has 11 nitrogen and oxygen atoms in total. The van der Waals surface area contributed by atoms with Gasteiger partial charge in [0, 0.05) is 12.1 Å². The average Bonchev–Trinajstić information content (AvgIpc) is 3.81. The maximum atomic E-state index is 16.5. The molecule has 11 heteroatoms. The second-order valence-corrected chi connectivity index (χ2v) is 17.1. The van der Waals surface area contributed by atoms with E-state index in [2.05, 4.69) is 35.1 Å². The van der Waals surface area contributed by atoms with Crippen LogP contribution in [0, 0.1) is 17.8 Å². The Kier molecular flexibility index (Phi) is 12.7. The lowest BCUT2D eigenvalue weighted by Crippen LogP contribution is -2.56. The van der Waals surface area contributed by atoms with E-state index in [0.29, 0.717) is 28.0 Å². The molecular weight excluding hydrogens is 829 g/mol. The maximum Gasteiger partial charge on any atom is 0.329 e. The number of amides is 4. The van der Waals surface area contributed by atoms with Crippen LogP contribution in [0.25, 0.3) is 0 Å². The van der Waals surface area contributed by atoms with Crippen molar-refractivity contribution in [3.05, 3.63) is 191 Å². The highest BCUT2D eigenvalue weighted by Crippen LogP contribution is 2.66. The molecule has 0 aromatic heterocycles. The Hall–Kier alpha value is -7.26. The molecule has 4 amide bonds. The van der Waals surface area contributed by atoms with E-state index in [0.717, 1.165) is 47.3 Å². The number of anilines is 1. The minimum absolute atomic E-state index is 0.00100. The third kappa shape index (κ3) is 7.97. The Bertz CT molecular complexity index is 2730. The SMILES string of the molecule is C=CCNC(=O)[C@@H]1[C@H]2C(=O)O[C@H](c3ccccc3)[C@H](c3ccccc3)N2[C@H](c2cccc(OCCO)c2)[C@@]12C(=O)N(C(=O)N[C@H](C)c1ccccc1)c1ccc(C#CC3=CCCCC3)cc12. The summed E-state index contributed by atoms with van der Waals surface area (Å²) in [5.41, 5.74) is 3.14. The van der Waals surface area contributed by atoms with E-state index in [4.69, 9.17) is 9.47 Å². The number of aliphatic hydroxyl groups is 1. The number of carbonyl (C=O) groups is 4. The number of urea groups is 1. The first-order valence-corrected chi connectivity index (χ1v) is 22.6. The molecule has 3 aliphatic heterocycles. The van der Waals surface area contributed by atoms with Gasteiger partial charge in [-0.1, -0.05) is 127 Å². The monoisotopic (exact) mass is 880 g/mol. The number of fused-ring (bicyclic) bond motifs is 3. The number of ether oxygens (including phenoxy) is 2. The molecule has 7 atom stereocenters. The standard InChI is InChI=1S/C55H52N4O7/c1-3-31-56-51(61)46-48-52(62)66-49(41-23-14-7-15-24-41)47(40-21-12-6-13-22-40)59(48)50(42-25-16-26-43(35-42)65-33-32-60)55(46)44-34-38(28-27-37-17-8-4-9-18-37)29-30-45(44)58(53(55)63)54(64)57-36(2)39-19-10-5-11-20-39/h3,5-7,10-17,19-26,29-30,34-36,46-50,60H,1,4,8-9,18,31-33H2,2H3,(H,56,61)(H,57,64)/t36-,46+,47+,48+,49-,50-,55+/m1/s1. The fourth-order valence-corrected chi connectivity index (χ4v) is 10.4. The molecule has 4 aliphatic rings. The minimum Gasteiger partial charge on any atom is -0.491 e. The van der Waals surface area contributed by atoms with Crippen molar-refractivity contribution < 1.29 is 33.8 Å². The van der Waals surface area contributed by atoms with Gasteiger partial charge < -0.3 is 25.2 Å². The van der Waals surface area contributed by atoms with Gasteiger partial charge in [-0.2, -0.15) is 0 Å². The number of nitrogens with zero attached hydrogens (tertiary/aromatic N) is 2. The van der Waals surface area contributed by atoms with Gasteiger partial charge in [-0.15, -0.1) is 6.58 Å². The topological polar surface area (TPSA) is 138 Å². The van der Waals surface area contributed by atoms with E-state index < -0.39 is 65.4 Å². The van der Waals surface area contributed by atoms with Crippen molar-refractivity contribution in [3.63, 3.8) is 0 Å². The molecule has 0 unspecified atom stereocenters. The van der Waals surface area contributed by atoms with Gasteiger partial charge in [-0.05, 0) is 96.3 Å². The molecule has 0 bridgehead atoms. The summed E-state index contributed by atoms with van der Waals surface area (Å²) in [7, 11) is 0. The van der Waals surface area contributed by atoms with E-state index in [1.54, 1.807) is 30.3 Å². The number of carbonyl (C=O) groups excluding carboxylic acids is 4. The number of rotatable bonds is 11. The summed E-state index contributed by atoms with van der Waals surface area (Å²) in [5, 5.41) is 15.8. The summed E-state index contributed by atoms with van der Waals surface area (Å²) < 4.78 is 12.6. The first-order chi connectivity index (χ1) is 32.3. The number of hydrogen-bond donors (Lipinski definition) is 3. The van der Waals surface area contributed by atoms with Crippen molar-refractivity contribution in [1.82, 2.24) is 15.5 Å². The molecule has 1 spiro atoms. The van der Waals surface area contributed by atoms with Gasteiger partial charge >= 0.3 is 12.0 Å². The van der Waals surface area contributed by atoms with Gasteiger partial charge in [0.05, 0.1) is 36.3 Å². The van der Waals surface area contributed by atoms with Gasteiger partial charge in [0.25, 0.3) is 0 Å². The highest BCUT2D eigenvalue weighted by atomic mass is 16.6. The highest BCUT2D eigenvalue weighted by molar-refractivity contribution is 6.24. The van der Waals surface area contributed by atoms with Crippen LogP contribution in [0.15, 0.2) is 158 Å². The Morgan fingerprint density at radius 3 is 2.29 bits per heavy atom. The minimum atomic E-state index is -1.96. The quantitative estimate of drug-likeness (QED) is 0.0685. The zero-order valence-electron chi connectivity index (χ0n) is 36.8. The van der Waals surface area contributed by atoms with Gasteiger partial charge in [-0.3, -0.25) is 19.3 Å². The summed E-state index contributed by atoms with van der Waals surface area (Å²) in [5.74, 6) is 3.68. The van der Waals surface area contributed by atoms with Crippen LogP contribution in [-0.2, 0) is 24.5 Å². The lowest BCUT2D eigenvalue weighted by Gasteiger charge is -2.46. The molecule has 2 saturated heterocycles. The van der Waals surface area contributed by atoms with Crippen molar-refractivity contribution in [1.29, 1.82) is 0 Å². The van der Waals surface area contributed by atoms with Crippen molar-refractivity contribution in [3.8, 4) is 17.6 Å². The molecule has 3 heterocycles. The van der Waals surface area contributed by atoms with Crippen LogP contribution in [0.1, 0.15) is 90.2 Å². The number of morpholine rings is 1. The van der Waals surface area contributed by atoms with E-state index in [-0.39, 0.29) is 25.4 Å². The third-order valence-electron chi connectivity index (χ3n) is 13.2. The third-order valence-corrected chi connectivity index (χ3v) is 13.2. The fourth-order valence-electron chi connectivity index (χ4n) is 10.4. The summed E-state index contributed by atoms with van der Waals surface area (Å²) in [6.45, 7) is 5.49. The number of aliphatic hydroxyl groups excluding tert-OH is 1. The fraction of sp³-hybridized carbons (Fsp3) is 0.273. The van der Waals surface area contributed by atoms with E-state index in [1.165, 1.54) is 6.08 Å². The summed E-state index contributed by atoms with van der Waals surface area (Å²) in [6.07, 6.45) is 6.76. The zero-order valence-corrected chi connectivity index (χ0v) is 36.8. The van der Waals surface area contributed by atoms with Crippen LogP contribution in [-0.4, -0.2) is 59.6 Å². The van der Waals surface area contributed by atoms with Crippen LogP contribution in [0.3, 0.4) is 0 Å². The maximum absolute atomic E-state index is 16.5. The summed E-state index contributed by atoms with van der Waals surface area (Å²) >= 11 is 0. The molecule has 2 fully saturated rings.